The van der Waals surface area contributed by atoms with Crippen LogP contribution < -0.4 is 32.3 Å². The van der Waals surface area contributed by atoms with Gasteiger partial charge in [0.15, 0.2) is 0 Å². The van der Waals surface area contributed by atoms with E-state index in [2.05, 4.69) is 31.6 Å². The average molecular weight is 715 g/mol. The summed E-state index contributed by atoms with van der Waals surface area (Å²) in [7, 11) is 0. The van der Waals surface area contributed by atoms with Crippen molar-refractivity contribution in [1.29, 1.82) is 0 Å². The summed E-state index contributed by atoms with van der Waals surface area (Å²) in [5.41, 5.74) is 6.98. The molecule has 2 heterocycles. The highest BCUT2D eigenvalue weighted by Gasteiger charge is 2.37. The molecular weight excluding hydrogens is 664 g/mol. The molecule has 0 radical (unpaired) electrons. The van der Waals surface area contributed by atoms with Crippen LogP contribution in [0.5, 0.6) is 0 Å². The van der Waals surface area contributed by atoms with Crippen molar-refractivity contribution < 1.29 is 43.8 Å². The molecule has 0 spiro atoms. The minimum absolute atomic E-state index is 0.00841. The lowest BCUT2D eigenvalue weighted by molar-refractivity contribution is -0.142. The second-order valence-corrected chi connectivity index (χ2v) is 13.4. The molecule has 0 aliphatic carbocycles. The maximum Gasteiger partial charge on any atom is 0.326 e. The Balaban J connectivity index is 1.58. The monoisotopic (exact) mass is 714 g/mol. The van der Waals surface area contributed by atoms with Gasteiger partial charge in [-0.25, -0.2) is 4.79 Å². The maximum absolute atomic E-state index is 13.3. The number of para-hydroxylation sites is 1. The summed E-state index contributed by atoms with van der Waals surface area (Å²) >= 11 is 0. The van der Waals surface area contributed by atoms with Crippen LogP contribution in [0.3, 0.4) is 0 Å². The number of rotatable bonds is 18. The second-order valence-electron chi connectivity index (χ2n) is 13.4. The molecule has 0 bridgehead atoms. The first kappa shape index (κ1) is 40.4. The molecular formula is C34H50N8O9. The molecule has 6 amide bonds. The number of nitrogens with two attached hydrogens (primary N) is 1. The Labute approximate surface area is 295 Å². The van der Waals surface area contributed by atoms with Gasteiger partial charge in [-0.15, -0.1) is 0 Å². The first-order valence-electron chi connectivity index (χ1n) is 17.0. The molecule has 51 heavy (non-hydrogen) atoms. The maximum atomic E-state index is 13.3. The van der Waals surface area contributed by atoms with Gasteiger partial charge in [0.1, 0.15) is 30.2 Å². The number of benzene rings is 1. The van der Waals surface area contributed by atoms with E-state index in [0.717, 1.165) is 10.9 Å². The predicted octanol–water partition coefficient (Wildman–Crippen LogP) is -1.51. The lowest BCUT2D eigenvalue weighted by Gasteiger charge is -2.28. The zero-order valence-corrected chi connectivity index (χ0v) is 29.4. The minimum Gasteiger partial charge on any atom is -0.480 e. The number of aliphatic hydroxyl groups excluding tert-OH is 1. The number of amides is 6. The Morgan fingerprint density at radius 2 is 1.61 bits per heavy atom. The number of aliphatic hydroxyl groups is 1. The Kier molecular flexibility index (Phi) is 14.9. The van der Waals surface area contributed by atoms with Crippen molar-refractivity contribution in [3.05, 3.63) is 36.0 Å². The summed E-state index contributed by atoms with van der Waals surface area (Å²) in [5.74, 6) is -5.56. The molecule has 1 saturated heterocycles. The highest BCUT2D eigenvalue weighted by molar-refractivity contribution is 5.96. The summed E-state index contributed by atoms with van der Waals surface area (Å²) in [6.07, 6.45) is 2.76. The Morgan fingerprint density at radius 1 is 0.922 bits per heavy atom. The number of carbonyl (C=O) groups is 7. The number of aromatic nitrogens is 1. The third kappa shape index (κ3) is 11.5. The topological polar surface area (TPSA) is 265 Å². The average Bonchev–Trinajstić information content (AvgIpc) is 3.75. The zero-order chi connectivity index (χ0) is 37.8. The van der Waals surface area contributed by atoms with Crippen LogP contribution in [0.25, 0.3) is 10.9 Å². The standard InChI is InChI=1S/C34H50N8O9/c1-18(2)12-24(31(47)40-25(34(50)51)13-20-14-36-23-9-6-5-8-21(20)23)39-27(44)15-37-33(49)29(19(3)4)41-32(48)26-10-7-11-42(26)28(45)16-38-30(46)22(35)17-43/h5-6,8-9,14,18-19,22,24-26,29,36,43H,7,10-13,15-17,35H2,1-4H3,(H,37,49)(H,38,46)(H,39,44)(H,40,47)(H,41,48)(H,50,51)/t22-,24-,25-,26-,29-/m0/s1. The molecule has 17 nitrogen and oxygen atoms in total. The van der Waals surface area contributed by atoms with E-state index in [9.17, 15) is 38.7 Å². The zero-order valence-electron chi connectivity index (χ0n) is 29.4. The number of H-pyrrole nitrogens is 1. The molecule has 5 atom stereocenters. The van der Waals surface area contributed by atoms with Gasteiger partial charge in [0, 0.05) is 30.1 Å². The lowest BCUT2D eigenvalue weighted by atomic mass is 10.0. The molecule has 1 aliphatic heterocycles. The van der Waals surface area contributed by atoms with Gasteiger partial charge in [0.2, 0.25) is 35.4 Å². The number of carboxylic acid groups (broad SMARTS) is 1. The van der Waals surface area contributed by atoms with Crippen molar-refractivity contribution in [3.8, 4) is 0 Å². The van der Waals surface area contributed by atoms with E-state index >= 15 is 0 Å². The van der Waals surface area contributed by atoms with E-state index in [4.69, 9.17) is 10.8 Å². The van der Waals surface area contributed by atoms with E-state index in [1.807, 2.05) is 38.1 Å². The smallest absolute Gasteiger partial charge is 0.326 e. The number of fused-ring (bicyclic) bond motifs is 1. The molecule has 0 unspecified atom stereocenters. The van der Waals surface area contributed by atoms with Gasteiger partial charge in [0.25, 0.3) is 0 Å². The van der Waals surface area contributed by atoms with E-state index in [0.29, 0.717) is 18.4 Å². The van der Waals surface area contributed by atoms with Crippen LogP contribution in [0.2, 0.25) is 0 Å². The Hall–Kier alpha value is -5.03. The second kappa shape index (κ2) is 18.8. The van der Waals surface area contributed by atoms with Gasteiger partial charge >= 0.3 is 5.97 Å². The van der Waals surface area contributed by atoms with Crippen LogP contribution in [-0.4, -0.2) is 118 Å². The summed E-state index contributed by atoms with van der Waals surface area (Å²) < 4.78 is 0. The fourth-order valence-electron chi connectivity index (χ4n) is 5.82. The molecule has 17 heteroatoms. The predicted molar refractivity (Wildman–Crippen MR) is 186 cm³/mol. The fraction of sp³-hybridized carbons (Fsp3) is 0.559. The van der Waals surface area contributed by atoms with E-state index in [1.165, 1.54) is 4.90 Å². The van der Waals surface area contributed by atoms with Crippen LogP contribution in [0.15, 0.2) is 30.5 Å². The van der Waals surface area contributed by atoms with Crippen molar-refractivity contribution in [3.63, 3.8) is 0 Å². The highest BCUT2D eigenvalue weighted by atomic mass is 16.4. The van der Waals surface area contributed by atoms with Crippen molar-refractivity contribution in [2.75, 3.05) is 26.2 Å². The summed E-state index contributed by atoms with van der Waals surface area (Å²) in [4.78, 5) is 93.8. The molecule has 1 aromatic carbocycles. The van der Waals surface area contributed by atoms with Crippen molar-refractivity contribution >= 4 is 52.3 Å². The van der Waals surface area contributed by atoms with E-state index < -0.39 is 97.2 Å². The SMILES string of the molecule is CC(C)C[C@H](NC(=O)CNC(=O)[C@@H](NC(=O)[C@@H]1CCCN1C(=O)CNC(=O)[C@@H](N)CO)C(C)C)C(=O)N[C@@H](Cc1c[nH]c2ccccc12)C(=O)O. The van der Waals surface area contributed by atoms with Crippen LogP contribution in [-0.2, 0) is 40.0 Å². The Morgan fingerprint density at radius 3 is 2.25 bits per heavy atom. The summed E-state index contributed by atoms with van der Waals surface area (Å²) in [6.45, 7) is 5.79. The van der Waals surface area contributed by atoms with Gasteiger partial charge in [-0.3, -0.25) is 28.8 Å². The lowest BCUT2D eigenvalue weighted by Crippen LogP contribution is -2.57. The number of nitrogens with zero attached hydrogens (tertiary/aromatic N) is 1. The van der Waals surface area contributed by atoms with E-state index in [-0.39, 0.29) is 25.3 Å². The summed E-state index contributed by atoms with van der Waals surface area (Å²) in [5, 5.41) is 32.4. The fourth-order valence-corrected chi connectivity index (χ4v) is 5.82. The van der Waals surface area contributed by atoms with Crippen molar-refractivity contribution in [2.45, 2.75) is 83.6 Å². The number of aromatic amines is 1. The summed E-state index contributed by atoms with van der Waals surface area (Å²) in [6, 6.07) is 1.87. The van der Waals surface area contributed by atoms with Gasteiger partial charge in [-0.1, -0.05) is 45.9 Å². The number of likely N-dealkylation sites (tertiary alicyclic amines) is 1. The normalized spacial score (nSPS) is 16.6. The molecule has 1 aliphatic rings. The number of hydrogen-bond acceptors (Lipinski definition) is 9. The highest BCUT2D eigenvalue weighted by Crippen LogP contribution is 2.20. The minimum atomic E-state index is -1.27. The van der Waals surface area contributed by atoms with Gasteiger partial charge in [-0.05, 0) is 42.7 Å². The number of aliphatic carboxylic acids is 1. The van der Waals surface area contributed by atoms with Crippen molar-refractivity contribution in [1.82, 2.24) is 36.5 Å². The first-order valence-corrected chi connectivity index (χ1v) is 17.0. The van der Waals surface area contributed by atoms with Crippen molar-refractivity contribution in [2.24, 2.45) is 17.6 Å². The van der Waals surface area contributed by atoms with E-state index in [1.54, 1.807) is 20.0 Å². The van der Waals surface area contributed by atoms with Crippen LogP contribution in [0, 0.1) is 11.8 Å². The molecule has 1 fully saturated rings. The quantitative estimate of drug-likeness (QED) is 0.0862. The number of carbonyl (C=O) groups excluding carboxylic acids is 6. The number of hydrogen-bond donors (Lipinski definition) is 9. The van der Waals surface area contributed by atoms with Crippen LogP contribution >= 0.6 is 0 Å². The Bertz CT molecular complexity index is 1580. The molecule has 1 aromatic heterocycles. The largest absolute Gasteiger partial charge is 0.480 e. The number of nitrogens with one attached hydrogen (secondary N) is 6. The molecule has 0 saturated carbocycles. The van der Waals surface area contributed by atoms with Crippen LogP contribution in [0.1, 0.15) is 52.5 Å². The molecule has 3 rings (SSSR count). The first-order chi connectivity index (χ1) is 24.1. The molecule has 280 valence electrons. The molecule has 10 N–H and O–H groups in total. The van der Waals surface area contributed by atoms with Gasteiger partial charge < -0.3 is 52.4 Å². The third-order valence-corrected chi connectivity index (χ3v) is 8.57. The van der Waals surface area contributed by atoms with Crippen LogP contribution in [0.4, 0.5) is 0 Å². The molecule has 2 aromatic rings. The third-order valence-electron chi connectivity index (χ3n) is 8.57. The van der Waals surface area contributed by atoms with Gasteiger partial charge in [0.05, 0.1) is 19.7 Å². The van der Waals surface area contributed by atoms with Gasteiger partial charge in [-0.2, -0.15) is 0 Å². The number of carboxylic acids is 1.